The maximum atomic E-state index is 13.2. The van der Waals surface area contributed by atoms with Crippen LogP contribution in [0.5, 0.6) is 5.75 Å². The number of piperidine rings is 1. The fourth-order valence-electron chi connectivity index (χ4n) is 5.38. The van der Waals surface area contributed by atoms with Crippen LogP contribution in [0.1, 0.15) is 71.4 Å². The lowest BCUT2D eigenvalue weighted by Crippen LogP contribution is -2.55. The van der Waals surface area contributed by atoms with Crippen molar-refractivity contribution in [3.05, 3.63) is 58.8 Å². The van der Waals surface area contributed by atoms with Gasteiger partial charge in [-0.3, -0.25) is 4.79 Å². The Balaban J connectivity index is 1.39. The molecule has 4 rings (SSSR count). The van der Waals surface area contributed by atoms with E-state index in [0.29, 0.717) is 28.9 Å². The van der Waals surface area contributed by atoms with Gasteiger partial charge in [-0.15, -0.1) is 0 Å². The zero-order chi connectivity index (χ0) is 26.0. The van der Waals surface area contributed by atoms with E-state index < -0.39 is 5.60 Å². The van der Waals surface area contributed by atoms with E-state index in [1.807, 2.05) is 38.2 Å². The summed E-state index contributed by atoms with van der Waals surface area (Å²) < 4.78 is 6.04. The highest BCUT2D eigenvalue weighted by Gasteiger charge is 2.43. The van der Waals surface area contributed by atoms with Crippen LogP contribution in [-0.2, 0) is 4.79 Å². The van der Waals surface area contributed by atoms with Crippen molar-refractivity contribution < 1.29 is 9.53 Å². The summed E-state index contributed by atoms with van der Waals surface area (Å²) in [6.45, 7) is 11.9. The Hall–Kier alpha value is -2.73. The van der Waals surface area contributed by atoms with Crippen molar-refractivity contribution in [2.75, 3.05) is 4.90 Å². The molecule has 2 unspecified atom stereocenters. The molecule has 2 aromatic rings. The Bertz CT molecular complexity index is 1100. The molecule has 1 amide bonds. The molecule has 0 spiro atoms. The van der Waals surface area contributed by atoms with Crippen molar-refractivity contribution in [1.82, 2.24) is 15.6 Å². The zero-order valence-corrected chi connectivity index (χ0v) is 23.0. The third kappa shape index (κ3) is 5.80. The lowest BCUT2D eigenvalue weighted by molar-refractivity contribution is -0.135. The number of amides is 1. The Kier molecular flexibility index (Phi) is 7.84. The first-order valence-electron chi connectivity index (χ1n) is 13.0. The lowest BCUT2D eigenvalue weighted by atomic mass is 9.96. The summed E-state index contributed by atoms with van der Waals surface area (Å²) in [5.41, 5.74) is 2.22. The highest BCUT2D eigenvalue weighted by molar-refractivity contribution is 6.32. The van der Waals surface area contributed by atoms with Crippen LogP contribution in [0.3, 0.4) is 0 Å². The standard InChI is InChI=1S/C29H39ClN4O2/c1-7-25(32-18(2)3)20-9-13-27(31-17-20)34-22-10-11-23(34)16-21(15-22)33-28(35)29(5,6)36-26-12-8-19(4)14-24(26)30/h7-9,12-14,17-18,21-23,32H,10-11,15-16H2,1-6H3,(H,33,35)/b25-7+. The molecule has 2 saturated heterocycles. The number of halogens is 1. The van der Waals surface area contributed by atoms with Gasteiger partial charge in [0.2, 0.25) is 0 Å². The molecule has 6 nitrogen and oxygen atoms in total. The Morgan fingerprint density at radius 3 is 2.44 bits per heavy atom. The van der Waals surface area contributed by atoms with Gasteiger partial charge in [0.1, 0.15) is 11.6 Å². The van der Waals surface area contributed by atoms with Gasteiger partial charge in [0.25, 0.3) is 5.91 Å². The van der Waals surface area contributed by atoms with Crippen LogP contribution in [0.25, 0.3) is 5.70 Å². The van der Waals surface area contributed by atoms with Gasteiger partial charge in [0.05, 0.1) is 5.02 Å². The maximum absolute atomic E-state index is 13.2. The lowest BCUT2D eigenvalue weighted by Gasteiger charge is -2.41. The number of nitrogens with one attached hydrogen (secondary N) is 2. The predicted molar refractivity (Wildman–Crippen MR) is 148 cm³/mol. The van der Waals surface area contributed by atoms with Crippen LogP contribution in [0.15, 0.2) is 42.6 Å². The van der Waals surface area contributed by atoms with Crippen molar-refractivity contribution in [2.45, 2.75) is 97.0 Å². The first kappa shape index (κ1) is 26.3. The topological polar surface area (TPSA) is 66.5 Å². The van der Waals surface area contributed by atoms with Crippen LogP contribution in [0, 0.1) is 6.92 Å². The van der Waals surface area contributed by atoms with Crippen LogP contribution in [-0.4, -0.2) is 40.7 Å². The molecule has 2 fully saturated rings. The van der Waals surface area contributed by atoms with Crippen molar-refractivity contribution in [3.63, 3.8) is 0 Å². The van der Waals surface area contributed by atoms with E-state index in [-0.39, 0.29) is 11.9 Å². The third-order valence-corrected chi connectivity index (χ3v) is 7.42. The number of aryl methyl sites for hydroxylation is 1. The van der Waals surface area contributed by atoms with E-state index in [1.165, 1.54) is 0 Å². The van der Waals surface area contributed by atoms with Crippen molar-refractivity contribution >= 4 is 29.0 Å². The molecule has 2 aliphatic rings. The third-order valence-electron chi connectivity index (χ3n) is 7.12. The van der Waals surface area contributed by atoms with Crippen LogP contribution < -0.4 is 20.3 Å². The molecule has 0 radical (unpaired) electrons. The summed E-state index contributed by atoms with van der Waals surface area (Å²) in [6, 6.07) is 11.1. The van der Waals surface area contributed by atoms with Crippen molar-refractivity contribution in [3.8, 4) is 5.75 Å². The van der Waals surface area contributed by atoms with Crippen LogP contribution >= 0.6 is 11.6 Å². The summed E-state index contributed by atoms with van der Waals surface area (Å²) in [7, 11) is 0. The minimum absolute atomic E-state index is 0.115. The highest BCUT2D eigenvalue weighted by Crippen LogP contribution is 2.39. The number of anilines is 1. The summed E-state index contributed by atoms with van der Waals surface area (Å²) in [4.78, 5) is 20.5. The van der Waals surface area contributed by atoms with Crippen LogP contribution in [0.2, 0.25) is 5.02 Å². The molecule has 7 heteroatoms. The van der Waals surface area contributed by atoms with Gasteiger partial charge in [-0.05, 0) is 97.1 Å². The second kappa shape index (κ2) is 10.7. The number of allylic oxidation sites excluding steroid dienone is 1. The van der Waals surface area contributed by atoms with Gasteiger partial charge in [-0.2, -0.15) is 0 Å². The van der Waals surface area contributed by atoms with Gasteiger partial charge in [-0.25, -0.2) is 4.98 Å². The SMILES string of the molecule is C/C=C(/NC(C)C)c1ccc(N2C3CCC2CC(NC(=O)C(C)(C)Oc2ccc(C)cc2Cl)C3)nc1. The van der Waals surface area contributed by atoms with Gasteiger partial charge in [-0.1, -0.05) is 23.7 Å². The molecule has 3 heterocycles. The van der Waals surface area contributed by atoms with E-state index in [0.717, 1.165) is 48.3 Å². The first-order chi connectivity index (χ1) is 17.1. The Labute approximate surface area is 220 Å². The summed E-state index contributed by atoms with van der Waals surface area (Å²) >= 11 is 6.34. The van der Waals surface area contributed by atoms with Gasteiger partial charge >= 0.3 is 0 Å². The van der Waals surface area contributed by atoms with Gasteiger partial charge in [0, 0.05) is 41.6 Å². The number of hydrogen-bond donors (Lipinski definition) is 2. The largest absolute Gasteiger partial charge is 0.476 e. The van der Waals surface area contributed by atoms with E-state index in [2.05, 4.69) is 47.6 Å². The maximum Gasteiger partial charge on any atom is 0.263 e. The number of carbonyl (C=O) groups is 1. The van der Waals surface area contributed by atoms with Crippen LogP contribution in [0.4, 0.5) is 5.82 Å². The summed E-state index contributed by atoms with van der Waals surface area (Å²) in [6.07, 6.45) is 8.10. The van der Waals surface area contributed by atoms with Gasteiger partial charge < -0.3 is 20.3 Å². The smallest absolute Gasteiger partial charge is 0.263 e. The molecule has 2 N–H and O–H groups in total. The van der Waals surface area contributed by atoms with Gasteiger partial charge in [0.15, 0.2) is 5.60 Å². The monoisotopic (exact) mass is 510 g/mol. The number of nitrogens with zero attached hydrogens (tertiary/aromatic N) is 2. The first-order valence-corrected chi connectivity index (χ1v) is 13.4. The number of ether oxygens (including phenoxy) is 1. The molecular formula is C29H39ClN4O2. The molecule has 194 valence electrons. The molecule has 0 aliphatic carbocycles. The number of fused-ring (bicyclic) bond motifs is 2. The van der Waals surface area contributed by atoms with E-state index in [4.69, 9.17) is 21.3 Å². The number of benzene rings is 1. The molecule has 1 aromatic heterocycles. The molecule has 2 atom stereocenters. The van der Waals surface area contributed by atoms with Crippen molar-refractivity contribution in [2.24, 2.45) is 0 Å². The zero-order valence-electron chi connectivity index (χ0n) is 22.3. The number of rotatable bonds is 8. The normalized spacial score (nSPS) is 22.1. The van der Waals surface area contributed by atoms with E-state index in [9.17, 15) is 4.79 Å². The molecular weight excluding hydrogens is 472 g/mol. The summed E-state index contributed by atoms with van der Waals surface area (Å²) in [5, 5.41) is 7.26. The minimum Gasteiger partial charge on any atom is -0.476 e. The average Bonchev–Trinajstić information content (AvgIpc) is 3.09. The second-order valence-corrected chi connectivity index (χ2v) is 11.3. The van der Waals surface area contributed by atoms with E-state index >= 15 is 0 Å². The fraction of sp³-hybridized carbons (Fsp3) is 0.517. The number of aromatic nitrogens is 1. The molecule has 2 bridgehead atoms. The molecule has 36 heavy (non-hydrogen) atoms. The van der Waals surface area contributed by atoms with E-state index in [1.54, 1.807) is 13.8 Å². The minimum atomic E-state index is -1.03. The number of carbonyl (C=O) groups excluding carboxylic acids is 1. The fourth-order valence-corrected chi connectivity index (χ4v) is 5.65. The highest BCUT2D eigenvalue weighted by atomic mass is 35.5. The Morgan fingerprint density at radius 1 is 1.19 bits per heavy atom. The number of hydrogen-bond acceptors (Lipinski definition) is 5. The molecule has 1 aromatic carbocycles. The average molecular weight is 511 g/mol. The van der Waals surface area contributed by atoms with Crippen molar-refractivity contribution in [1.29, 1.82) is 0 Å². The quantitative estimate of drug-likeness (QED) is 0.464. The molecule has 0 saturated carbocycles. The molecule has 2 aliphatic heterocycles. The number of pyridine rings is 1. The summed E-state index contributed by atoms with van der Waals surface area (Å²) in [5.74, 6) is 1.43. The second-order valence-electron chi connectivity index (χ2n) is 10.9. The Morgan fingerprint density at radius 2 is 1.89 bits per heavy atom. The predicted octanol–water partition coefficient (Wildman–Crippen LogP) is 5.88.